The van der Waals surface area contributed by atoms with Gasteiger partial charge in [0.2, 0.25) is 4.73 Å². The molecule has 4 nitrogen and oxygen atoms in total. The Morgan fingerprint density at radius 1 is 0.531 bits per heavy atom. The molecule has 0 aliphatic rings. The van der Waals surface area contributed by atoms with Crippen LogP contribution in [0.2, 0.25) is 0 Å². The van der Waals surface area contributed by atoms with Crippen LogP contribution in [0, 0.1) is 0 Å². The SMILES string of the molecule is Brc1nc(-c2ccccc2)nc(-c2ccc(-c3cccc4c3oc3ccccc34)cc2)n1. The molecule has 0 N–H and O–H groups in total. The van der Waals surface area contributed by atoms with Crippen LogP contribution < -0.4 is 0 Å². The van der Waals surface area contributed by atoms with Crippen molar-refractivity contribution in [2.45, 2.75) is 0 Å². The van der Waals surface area contributed by atoms with E-state index in [1.54, 1.807) is 0 Å². The van der Waals surface area contributed by atoms with Gasteiger partial charge in [-0.2, -0.15) is 0 Å². The summed E-state index contributed by atoms with van der Waals surface area (Å²) in [5, 5.41) is 2.25. The topological polar surface area (TPSA) is 51.8 Å². The summed E-state index contributed by atoms with van der Waals surface area (Å²) < 4.78 is 6.71. The second kappa shape index (κ2) is 7.70. The van der Waals surface area contributed by atoms with E-state index < -0.39 is 0 Å². The van der Waals surface area contributed by atoms with E-state index in [0.717, 1.165) is 44.2 Å². The van der Waals surface area contributed by atoms with Crippen LogP contribution in [0.4, 0.5) is 0 Å². The van der Waals surface area contributed by atoms with Gasteiger partial charge in [-0.3, -0.25) is 0 Å². The summed E-state index contributed by atoms with van der Waals surface area (Å²) >= 11 is 3.43. The molecule has 0 fully saturated rings. The van der Waals surface area contributed by atoms with Crippen LogP contribution in [0.5, 0.6) is 0 Å². The fourth-order valence-corrected chi connectivity index (χ4v) is 4.30. The number of hydrogen-bond donors (Lipinski definition) is 0. The van der Waals surface area contributed by atoms with E-state index in [1.807, 2.05) is 60.7 Å². The molecule has 4 aromatic carbocycles. The number of rotatable bonds is 3. The third-order valence-corrected chi connectivity index (χ3v) is 5.85. The molecule has 2 heterocycles. The van der Waals surface area contributed by atoms with Crippen LogP contribution in [0.1, 0.15) is 0 Å². The van der Waals surface area contributed by atoms with Crippen molar-refractivity contribution in [3.63, 3.8) is 0 Å². The Balaban J connectivity index is 1.42. The predicted octanol–water partition coefficient (Wildman–Crippen LogP) is 7.53. The van der Waals surface area contributed by atoms with Gasteiger partial charge >= 0.3 is 0 Å². The molecule has 0 saturated heterocycles. The number of benzene rings is 4. The van der Waals surface area contributed by atoms with Crippen LogP contribution in [-0.4, -0.2) is 15.0 Å². The average Bonchev–Trinajstić information content (AvgIpc) is 3.23. The number of nitrogens with zero attached hydrogens (tertiary/aromatic N) is 3. The fourth-order valence-electron chi connectivity index (χ4n) is 3.97. The Labute approximate surface area is 192 Å². The van der Waals surface area contributed by atoms with E-state index in [9.17, 15) is 0 Å². The zero-order chi connectivity index (χ0) is 21.5. The highest BCUT2D eigenvalue weighted by Crippen LogP contribution is 2.36. The van der Waals surface area contributed by atoms with Crippen LogP contribution in [0.25, 0.3) is 55.8 Å². The van der Waals surface area contributed by atoms with E-state index in [1.165, 1.54) is 0 Å². The van der Waals surface area contributed by atoms with Crippen molar-refractivity contribution < 1.29 is 4.42 Å². The number of aromatic nitrogens is 3. The number of para-hydroxylation sites is 2. The molecule has 152 valence electrons. The molecule has 2 aromatic heterocycles. The average molecular weight is 478 g/mol. The van der Waals surface area contributed by atoms with E-state index in [-0.39, 0.29) is 0 Å². The van der Waals surface area contributed by atoms with Crippen LogP contribution >= 0.6 is 15.9 Å². The second-order valence-corrected chi connectivity index (χ2v) is 8.18. The van der Waals surface area contributed by atoms with Crippen molar-refractivity contribution in [2.24, 2.45) is 0 Å². The lowest BCUT2D eigenvalue weighted by atomic mass is 10.0. The first-order valence-corrected chi connectivity index (χ1v) is 11.0. The molecule has 0 aliphatic heterocycles. The molecule has 6 aromatic rings. The molecule has 0 radical (unpaired) electrons. The Bertz CT molecular complexity index is 1570. The van der Waals surface area contributed by atoms with Gasteiger partial charge in [-0.15, -0.1) is 0 Å². The summed E-state index contributed by atoms with van der Waals surface area (Å²) in [6.07, 6.45) is 0. The Morgan fingerprint density at radius 3 is 1.94 bits per heavy atom. The number of fused-ring (bicyclic) bond motifs is 3. The third-order valence-electron chi connectivity index (χ3n) is 5.50. The van der Waals surface area contributed by atoms with E-state index in [0.29, 0.717) is 16.4 Å². The molecule has 0 atom stereocenters. The Morgan fingerprint density at radius 2 is 1.16 bits per heavy atom. The van der Waals surface area contributed by atoms with Crippen molar-refractivity contribution in [3.05, 3.63) is 102 Å². The standard InChI is InChI=1S/C27H16BrN3O/c28-27-30-25(18-7-2-1-3-8-18)29-26(31-27)19-15-13-17(14-16-19)20-10-6-11-22-21-9-4-5-12-23(21)32-24(20)22/h1-16H. The van der Waals surface area contributed by atoms with Gasteiger partial charge in [-0.25, -0.2) is 15.0 Å². The molecular formula is C27H16BrN3O. The molecular weight excluding hydrogens is 462 g/mol. The maximum Gasteiger partial charge on any atom is 0.200 e. The molecule has 0 unspecified atom stereocenters. The van der Waals surface area contributed by atoms with Crippen molar-refractivity contribution in [1.82, 2.24) is 15.0 Å². The first kappa shape index (κ1) is 18.9. The van der Waals surface area contributed by atoms with E-state index in [2.05, 4.69) is 67.3 Å². The summed E-state index contributed by atoms with van der Waals surface area (Å²) in [5.74, 6) is 1.26. The Kier molecular flexibility index (Phi) is 4.55. The van der Waals surface area contributed by atoms with Crippen LogP contribution in [-0.2, 0) is 0 Å². The van der Waals surface area contributed by atoms with Crippen molar-refractivity contribution >= 4 is 37.9 Å². The summed E-state index contributed by atoms with van der Waals surface area (Å²) in [7, 11) is 0. The van der Waals surface area contributed by atoms with Gasteiger partial charge in [-0.1, -0.05) is 91.0 Å². The zero-order valence-corrected chi connectivity index (χ0v) is 18.5. The lowest BCUT2D eigenvalue weighted by molar-refractivity contribution is 0.670. The summed E-state index contributed by atoms with van der Waals surface area (Å²) in [6, 6.07) is 32.5. The first-order valence-electron chi connectivity index (χ1n) is 10.2. The highest BCUT2D eigenvalue weighted by molar-refractivity contribution is 9.10. The lowest BCUT2D eigenvalue weighted by Gasteiger charge is -2.07. The van der Waals surface area contributed by atoms with Gasteiger partial charge in [0.15, 0.2) is 11.6 Å². The van der Waals surface area contributed by atoms with Crippen LogP contribution in [0.15, 0.2) is 106 Å². The highest BCUT2D eigenvalue weighted by atomic mass is 79.9. The van der Waals surface area contributed by atoms with Crippen molar-refractivity contribution in [2.75, 3.05) is 0 Å². The lowest BCUT2D eigenvalue weighted by Crippen LogP contribution is -1.97. The maximum atomic E-state index is 6.19. The normalized spacial score (nSPS) is 11.3. The third kappa shape index (κ3) is 3.27. The molecule has 32 heavy (non-hydrogen) atoms. The van der Waals surface area contributed by atoms with Gasteiger partial charge < -0.3 is 4.42 Å². The minimum Gasteiger partial charge on any atom is -0.455 e. The number of halogens is 1. The molecule has 0 amide bonds. The van der Waals surface area contributed by atoms with Gasteiger partial charge in [0.05, 0.1) is 0 Å². The van der Waals surface area contributed by atoms with Gasteiger partial charge in [0.25, 0.3) is 0 Å². The quantitative estimate of drug-likeness (QED) is 0.264. The maximum absolute atomic E-state index is 6.19. The summed E-state index contributed by atoms with van der Waals surface area (Å²) in [4.78, 5) is 13.6. The smallest absolute Gasteiger partial charge is 0.200 e. The Hall–Kier alpha value is -3.83. The molecule has 0 spiro atoms. The second-order valence-electron chi connectivity index (χ2n) is 7.48. The van der Waals surface area contributed by atoms with Gasteiger partial charge in [-0.05, 0) is 27.6 Å². The highest BCUT2D eigenvalue weighted by Gasteiger charge is 2.13. The number of furan rings is 1. The molecule has 0 saturated carbocycles. The largest absolute Gasteiger partial charge is 0.455 e. The molecule has 5 heteroatoms. The monoisotopic (exact) mass is 477 g/mol. The first-order chi connectivity index (χ1) is 15.8. The summed E-state index contributed by atoms with van der Waals surface area (Å²) in [6.45, 7) is 0. The van der Waals surface area contributed by atoms with Crippen molar-refractivity contribution in [3.8, 4) is 33.9 Å². The zero-order valence-electron chi connectivity index (χ0n) is 16.9. The minimum absolute atomic E-state index is 0.512. The summed E-state index contributed by atoms with van der Waals surface area (Å²) in [5.41, 5.74) is 5.81. The molecule has 6 rings (SSSR count). The van der Waals surface area contributed by atoms with Gasteiger partial charge in [0.1, 0.15) is 11.2 Å². The fraction of sp³-hybridized carbons (Fsp3) is 0. The van der Waals surface area contributed by atoms with E-state index in [4.69, 9.17) is 4.42 Å². The van der Waals surface area contributed by atoms with Gasteiger partial charge in [0, 0.05) is 27.5 Å². The molecule has 0 bridgehead atoms. The predicted molar refractivity (Wildman–Crippen MR) is 131 cm³/mol. The molecule has 0 aliphatic carbocycles. The van der Waals surface area contributed by atoms with Crippen LogP contribution in [0.3, 0.4) is 0 Å². The van der Waals surface area contributed by atoms with Crippen molar-refractivity contribution in [1.29, 1.82) is 0 Å². The van der Waals surface area contributed by atoms with E-state index >= 15 is 0 Å². The number of hydrogen-bond acceptors (Lipinski definition) is 4. The minimum atomic E-state index is 0.512.